The number of aliphatic hydroxyl groups excluding tert-OH is 1. The molecule has 20 heavy (non-hydrogen) atoms. The van der Waals surface area contributed by atoms with Crippen molar-refractivity contribution < 1.29 is 18.3 Å². The molecule has 1 heterocycles. The average Bonchev–Trinajstić information content (AvgIpc) is 2.39. The van der Waals surface area contributed by atoms with Gasteiger partial charge in [-0.25, -0.2) is 17.7 Å². The van der Waals surface area contributed by atoms with Crippen LogP contribution in [0.5, 0.6) is 0 Å². The standard InChI is InChI=1S/C12H21N3O4S/c1-15(2)20(17,18)11-4-5-12(14-8-11)13-7-6-10(16)9-19-3/h4-5,8,10,16H,6-7,9H2,1-3H3,(H,13,14). The third kappa shape index (κ3) is 4.71. The van der Waals surface area contributed by atoms with Crippen LogP contribution in [0.2, 0.25) is 0 Å². The molecule has 1 atom stereocenters. The van der Waals surface area contributed by atoms with Crippen LogP contribution in [0.4, 0.5) is 5.82 Å². The van der Waals surface area contributed by atoms with Gasteiger partial charge in [0.1, 0.15) is 10.7 Å². The number of nitrogens with one attached hydrogen (secondary N) is 1. The summed E-state index contributed by atoms with van der Waals surface area (Å²) in [6.07, 6.45) is 1.30. The van der Waals surface area contributed by atoms with E-state index in [1.54, 1.807) is 6.07 Å². The molecule has 0 saturated heterocycles. The fraction of sp³-hybridized carbons (Fsp3) is 0.583. The molecule has 0 aliphatic heterocycles. The van der Waals surface area contributed by atoms with Crippen LogP contribution in [0.15, 0.2) is 23.2 Å². The van der Waals surface area contributed by atoms with Gasteiger partial charge in [-0.1, -0.05) is 0 Å². The van der Waals surface area contributed by atoms with Crippen molar-refractivity contribution in [3.8, 4) is 0 Å². The molecule has 0 bridgehead atoms. The highest BCUT2D eigenvalue weighted by atomic mass is 32.2. The van der Waals surface area contributed by atoms with Crippen LogP contribution in [0.25, 0.3) is 0 Å². The molecule has 0 saturated carbocycles. The Hall–Kier alpha value is -1.22. The molecule has 114 valence electrons. The van der Waals surface area contributed by atoms with E-state index in [2.05, 4.69) is 10.3 Å². The Kier molecular flexibility index (Phi) is 6.34. The van der Waals surface area contributed by atoms with Gasteiger partial charge in [0.05, 0.1) is 12.7 Å². The molecule has 7 nitrogen and oxygen atoms in total. The number of aliphatic hydroxyl groups is 1. The molecule has 0 radical (unpaired) electrons. The number of rotatable bonds is 8. The Morgan fingerprint density at radius 3 is 2.65 bits per heavy atom. The van der Waals surface area contributed by atoms with Gasteiger partial charge in [-0.2, -0.15) is 0 Å². The molecule has 0 aromatic carbocycles. The quantitative estimate of drug-likeness (QED) is 0.710. The van der Waals surface area contributed by atoms with E-state index >= 15 is 0 Å². The molecule has 0 spiro atoms. The van der Waals surface area contributed by atoms with Crippen molar-refractivity contribution in [1.29, 1.82) is 0 Å². The van der Waals surface area contributed by atoms with Gasteiger partial charge in [0.25, 0.3) is 0 Å². The summed E-state index contributed by atoms with van der Waals surface area (Å²) in [5.41, 5.74) is 0. The molecule has 1 unspecified atom stereocenters. The summed E-state index contributed by atoms with van der Waals surface area (Å²) < 4.78 is 29.6. The lowest BCUT2D eigenvalue weighted by Crippen LogP contribution is -2.22. The number of nitrogens with zero attached hydrogens (tertiary/aromatic N) is 2. The minimum Gasteiger partial charge on any atom is -0.391 e. The van der Waals surface area contributed by atoms with E-state index in [1.165, 1.54) is 33.5 Å². The Balaban J connectivity index is 2.56. The average molecular weight is 303 g/mol. The Morgan fingerprint density at radius 2 is 2.15 bits per heavy atom. The summed E-state index contributed by atoms with van der Waals surface area (Å²) >= 11 is 0. The van der Waals surface area contributed by atoms with Crippen LogP contribution in [0.1, 0.15) is 6.42 Å². The summed E-state index contributed by atoms with van der Waals surface area (Å²) in [6, 6.07) is 3.09. The SMILES string of the molecule is COCC(O)CCNc1ccc(S(=O)(=O)N(C)C)cn1. The third-order valence-corrected chi connectivity index (χ3v) is 4.46. The van der Waals surface area contributed by atoms with Gasteiger partial charge in [-0.3, -0.25) is 0 Å². The lowest BCUT2D eigenvalue weighted by molar-refractivity contribution is 0.0615. The Bertz CT molecular complexity index is 502. The first-order chi connectivity index (χ1) is 9.37. The van der Waals surface area contributed by atoms with Crippen LogP contribution >= 0.6 is 0 Å². The number of hydrogen-bond donors (Lipinski definition) is 2. The van der Waals surface area contributed by atoms with Gasteiger partial charge in [-0.15, -0.1) is 0 Å². The van der Waals surface area contributed by atoms with E-state index in [4.69, 9.17) is 4.74 Å². The maximum atomic E-state index is 11.8. The van der Waals surface area contributed by atoms with E-state index in [0.717, 1.165) is 4.31 Å². The molecule has 0 aliphatic rings. The highest BCUT2D eigenvalue weighted by Crippen LogP contribution is 2.13. The van der Waals surface area contributed by atoms with Gasteiger partial charge in [-0.05, 0) is 18.6 Å². The van der Waals surface area contributed by atoms with E-state index in [9.17, 15) is 13.5 Å². The van der Waals surface area contributed by atoms with Crippen molar-refractivity contribution >= 4 is 15.8 Å². The van der Waals surface area contributed by atoms with E-state index < -0.39 is 16.1 Å². The number of aromatic nitrogens is 1. The summed E-state index contributed by atoms with van der Waals surface area (Å²) in [5, 5.41) is 12.5. The molecule has 0 amide bonds. The molecular weight excluding hydrogens is 282 g/mol. The molecule has 1 aromatic rings. The predicted octanol–water partition coefficient (Wildman–Crippen LogP) is 0.141. The van der Waals surface area contributed by atoms with Crippen molar-refractivity contribution in [2.45, 2.75) is 17.4 Å². The van der Waals surface area contributed by atoms with Gasteiger partial charge in [0.2, 0.25) is 10.0 Å². The van der Waals surface area contributed by atoms with Crippen LogP contribution in [0, 0.1) is 0 Å². The maximum absolute atomic E-state index is 11.8. The van der Waals surface area contributed by atoms with E-state index in [-0.39, 0.29) is 11.5 Å². The molecule has 1 rings (SSSR count). The predicted molar refractivity (Wildman–Crippen MR) is 76.1 cm³/mol. The number of pyridine rings is 1. The molecular formula is C12H21N3O4S. The highest BCUT2D eigenvalue weighted by molar-refractivity contribution is 7.89. The van der Waals surface area contributed by atoms with Crippen molar-refractivity contribution in [2.24, 2.45) is 0 Å². The number of sulfonamides is 1. The third-order valence-electron chi connectivity index (χ3n) is 2.66. The molecule has 1 aromatic heterocycles. The van der Waals surface area contributed by atoms with Gasteiger partial charge in [0, 0.05) is 33.9 Å². The number of anilines is 1. The van der Waals surface area contributed by atoms with E-state index in [0.29, 0.717) is 18.8 Å². The normalized spacial score (nSPS) is 13.4. The van der Waals surface area contributed by atoms with Crippen molar-refractivity contribution in [1.82, 2.24) is 9.29 Å². The first-order valence-electron chi connectivity index (χ1n) is 6.17. The topological polar surface area (TPSA) is 91.8 Å². The maximum Gasteiger partial charge on any atom is 0.244 e. The highest BCUT2D eigenvalue weighted by Gasteiger charge is 2.17. The van der Waals surface area contributed by atoms with Crippen LogP contribution in [-0.4, -0.2) is 63.3 Å². The smallest absolute Gasteiger partial charge is 0.244 e. The van der Waals surface area contributed by atoms with Crippen molar-refractivity contribution in [2.75, 3.05) is 39.7 Å². The van der Waals surface area contributed by atoms with Crippen LogP contribution < -0.4 is 5.32 Å². The minimum absolute atomic E-state index is 0.146. The van der Waals surface area contributed by atoms with Crippen LogP contribution in [0.3, 0.4) is 0 Å². The number of ether oxygens (including phenoxy) is 1. The number of hydrogen-bond acceptors (Lipinski definition) is 6. The zero-order chi connectivity index (χ0) is 15.2. The Morgan fingerprint density at radius 1 is 1.45 bits per heavy atom. The monoisotopic (exact) mass is 303 g/mol. The van der Waals surface area contributed by atoms with E-state index in [1.807, 2.05) is 0 Å². The van der Waals surface area contributed by atoms with Crippen molar-refractivity contribution in [3.63, 3.8) is 0 Å². The zero-order valence-electron chi connectivity index (χ0n) is 11.9. The lowest BCUT2D eigenvalue weighted by atomic mass is 10.2. The molecule has 0 fully saturated rings. The Labute approximate surface area is 119 Å². The zero-order valence-corrected chi connectivity index (χ0v) is 12.7. The summed E-state index contributed by atoms with van der Waals surface area (Å²) in [6.45, 7) is 0.812. The first-order valence-corrected chi connectivity index (χ1v) is 7.61. The molecule has 8 heteroatoms. The molecule has 2 N–H and O–H groups in total. The van der Waals surface area contributed by atoms with Gasteiger partial charge in [0.15, 0.2) is 0 Å². The summed E-state index contributed by atoms with van der Waals surface area (Å²) in [7, 11) is 1.02. The van der Waals surface area contributed by atoms with Gasteiger partial charge < -0.3 is 15.2 Å². The van der Waals surface area contributed by atoms with Crippen LogP contribution in [-0.2, 0) is 14.8 Å². The van der Waals surface area contributed by atoms with Gasteiger partial charge >= 0.3 is 0 Å². The second kappa shape index (κ2) is 7.53. The largest absolute Gasteiger partial charge is 0.391 e. The summed E-state index contributed by atoms with van der Waals surface area (Å²) in [4.78, 5) is 4.19. The lowest BCUT2D eigenvalue weighted by Gasteiger charge is -2.12. The second-order valence-corrected chi connectivity index (χ2v) is 6.64. The number of methoxy groups -OCH3 is 1. The second-order valence-electron chi connectivity index (χ2n) is 4.49. The van der Waals surface area contributed by atoms with Crippen molar-refractivity contribution in [3.05, 3.63) is 18.3 Å². The summed E-state index contributed by atoms with van der Waals surface area (Å²) in [5.74, 6) is 0.562. The fourth-order valence-electron chi connectivity index (χ4n) is 1.49. The first kappa shape index (κ1) is 16.8. The minimum atomic E-state index is -3.45. The molecule has 0 aliphatic carbocycles. The fourth-order valence-corrected chi connectivity index (χ4v) is 2.34.